The minimum atomic E-state index is -2.36. The van der Waals surface area contributed by atoms with Gasteiger partial charge in [-0.3, -0.25) is 0 Å². The van der Waals surface area contributed by atoms with Crippen LogP contribution in [0.5, 0.6) is 0 Å². The highest BCUT2D eigenvalue weighted by Gasteiger charge is 2.43. The van der Waals surface area contributed by atoms with Gasteiger partial charge in [0.15, 0.2) is 11.9 Å². The lowest BCUT2D eigenvalue weighted by atomic mass is 10.00. The van der Waals surface area contributed by atoms with Crippen LogP contribution in [0.4, 0.5) is 0 Å². The Hall–Kier alpha value is -0.690. The standard InChI is InChI=1S/C6H10O6/c7-4-2-12-3(5(8)9)1-6(4,10)11/h3-4,7,10-11H,1-2H2,(H,8,9). The fraction of sp³-hybridized carbons (Fsp3) is 0.833. The van der Waals surface area contributed by atoms with E-state index in [-0.39, 0.29) is 6.61 Å². The second-order valence-electron chi connectivity index (χ2n) is 2.76. The molecule has 2 unspecified atom stereocenters. The number of carboxylic acid groups (broad SMARTS) is 1. The van der Waals surface area contributed by atoms with E-state index in [0.29, 0.717) is 0 Å². The van der Waals surface area contributed by atoms with Crippen LogP contribution >= 0.6 is 0 Å². The highest BCUT2D eigenvalue weighted by Crippen LogP contribution is 2.22. The van der Waals surface area contributed by atoms with E-state index in [1.165, 1.54) is 0 Å². The SMILES string of the molecule is O=C(O)C1CC(O)(O)C(O)CO1. The van der Waals surface area contributed by atoms with Crippen LogP contribution in [0.25, 0.3) is 0 Å². The summed E-state index contributed by atoms with van der Waals surface area (Å²) < 4.78 is 4.62. The van der Waals surface area contributed by atoms with Crippen LogP contribution in [0.15, 0.2) is 0 Å². The minimum absolute atomic E-state index is 0.385. The Balaban J connectivity index is 2.63. The molecule has 1 rings (SSSR count). The summed E-state index contributed by atoms with van der Waals surface area (Å²) in [6, 6.07) is 0. The average Bonchev–Trinajstić information content (AvgIpc) is 1.94. The first-order valence-electron chi connectivity index (χ1n) is 3.40. The predicted octanol–water partition coefficient (Wildman–Crippen LogP) is -2.10. The van der Waals surface area contributed by atoms with Gasteiger partial charge in [-0.05, 0) is 0 Å². The lowest BCUT2D eigenvalue weighted by Gasteiger charge is -2.34. The van der Waals surface area contributed by atoms with Crippen molar-refractivity contribution in [1.29, 1.82) is 0 Å². The first-order chi connectivity index (χ1) is 5.43. The molecule has 70 valence electrons. The van der Waals surface area contributed by atoms with Gasteiger partial charge in [0.1, 0.15) is 6.10 Å². The number of carboxylic acids is 1. The van der Waals surface area contributed by atoms with E-state index in [1.54, 1.807) is 0 Å². The van der Waals surface area contributed by atoms with Gasteiger partial charge in [-0.2, -0.15) is 0 Å². The van der Waals surface area contributed by atoms with Crippen molar-refractivity contribution < 1.29 is 30.0 Å². The molecule has 0 aromatic rings. The van der Waals surface area contributed by atoms with Crippen molar-refractivity contribution in [2.45, 2.75) is 24.4 Å². The highest BCUT2D eigenvalue weighted by molar-refractivity contribution is 5.72. The number of aliphatic hydroxyl groups is 3. The molecule has 0 aromatic heterocycles. The van der Waals surface area contributed by atoms with Crippen molar-refractivity contribution in [2.75, 3.05) is 6.61 Å². The molecule has 2 atom stereocenters. The van der Waals surface area contributed by atoms with Crippen molar-refractivity contribution in [3.63, 3.8) is 0 Å². The molecule has 1 saturated heterocycles. The molecule has 6 nitrogen and oxygen atoms in total. The first-order valence-corrected chi connectivity index (χ1v) is 3.40. The van der Waals surface area contributed by atoms with Crippen LogP contribution in [0.2, 0.25) is 0 Å². The first kappa shape index (κ1) is 9.40. The van der Waals surface area contributed by atoms with E-state index in [0.717, 1.165) is 0 Å². The van der Waals surface area contributed by atoms with E-state index in [1.807, 2.05) is 0 Å². The molecule has 6 heteroatoms. The third-order valence-corrected chi connectivity index (χ3v) is 1.75. The molecule has 1 aliphatic rings. The number of hydrogen-bond acceptors (Lipinski definition) is 5. The van der Waals surface area contributed by atoms with E-state index < -0.39 is 30.4 Å². The third-order valence-electron chi connectivity index (χ3n) is 1.75. The van der Waals surface area contributed by atoms with Gasteiger partial charge < -0.3 is 25.2 Å². The third kappa shape index (κ3) is 1.72. The van der Waals surface area contributed by atoms with Crippen LogP contribution in [-0.2, 0) is 9.53 Å². The molecule has 0 aliphatic carbocycles. The Bertz CT molecular complexity index is 188. The molecule has 1 aliphatic heterocycles. The zero-order valence-corrected chi connectivity index (χ0v) is 6.17. The topological polar surface area (TPSA) is 107 Å². The Labute approximate surface area is 68.0 Å². The molecule has 0 spiro atoms. The second kappa shape index (κ2) is 2.98. The lowest BCUT2D eigenvalue weighted by Crippen LogP contribution is -2.54. The van der Waals surface area contributed by atoms with Crippen LogP contribution in [0.3, 0.4) is 0 Å². The number of rotatable bonds is 1. The van der Waals surface area contributed by atoms with E-state index in [9.17, 15) is 4.79 Å². The summed E-state index contributed by atoms with van der Waals surface area (Å²) in [6.45, 7) is -0.385. The molecule has 0 bridgehead atoms. The molecule has 0 saturated carbocycles. The van der Waals surface area contributed by atoms with E-state index in [4.69, 9.17) is 20.4 Å². The van der Waals surface area contributed by atoms with Crippen molar-refractivity contribution in [2.24, 2.45) is 0 Å². The normalized spacial score (nSPS) is 34.6. The maximum atomic E-state index is 10.3. The van der Waals surface area contributed by atoms with Gasteiger partial charge in [-0.1, -0.05) is 0 Å². The van der Waals surface area contributed by atoms with Gasteiger partial charge in [0.05, 0.1) is 6.61 Å². The molecule has 0 amide bonds. The summed E-state index contributed by atoms with van der Waals surface area (Å²) in [7, 11) is 0. The van der Waals surface area contributed by atoms with Crippen molar-refractivity contribution in [1.82, 2.24) is 0 Å². The summed E-state index contributed by atoms with van der Waals surface area (Å²) in [6.07, 6.45) is -3.24. The average molecular weight is 178 g/mol. The Morgan fingerprint density at radius 2 is 2.08 bits per heavy atom. The minimum Gasteiger partial charge on any atom is -0.479 e. The Kier molecular flexibility index (Phi) is 2.34. The molecule has 0 radical (unpaired) electrons. The maximum absolute atomic E-state index is 10.3. The van der Waals surface area contributed by atoms with Crippen molar-refractivity contribution in [3.8, 4) is 0 Å². The van der Waals surface area contributed by atoms with E-state index >= 15 is 0 Å². The molecular weight excluding hydrogens is 168 g/mol. The summed E-state index contributed by atoms with van der Waals surface area (Å²) >= 11 is 0. The van der Waals surface area contributed by atoms with Gasteiger partial charge in [0, 0.05) is 6.42 Å². The number of aliphatic carboxylic acids is 1. The van der Waals surface area contributed by atoms with Crippen LogP contribution in [-0.4, -0.2) is 51.0 Å². The number of aliphatic hydroxyl groups excluding tert-OH is 1. The van der Waals surface area contributed by atoms with Crippen molar-refractivity contribution in [3.05, 3.63) is 0 Å². The fourth-order valence-corrected chi connectivity index (χ4v) is 0.967. The van der Waals surface area contributed by atoms with Gasteiger partial charge in [0.25, 0.3) is 0 Å². The van der Waals surface area contributed by atoms with Gasteiger partial charge in [0.2, 0.25) is 0 Å². The summed E-state index contributed by atoms with van der Waals surface area (Å²) in [5.41, 5.74) is 0. The molecule has 4 N–H and O–H groups in total. The molecule has 12 heavy (non-hydrogen) atoms. The largest absolute Gasteiger partial charge is 0.479 e. The van der Waals surface area contributed by atoms with Gasteiger partial charge >= 0.3 is 5.97 Å². The Morgan fingerprint density at radius 3 is 2.50 bits per heavy atom. The second-order valence-corrected chi connectivity index (χ2v) is 2.76. The quantitative estimate of drug-likeness (QED) is 0.343. The summed E-state index contributed by atoms with van der Waals surface area (Å²) in [4.78, 5) is 10.3. The molecular formula is C6H10O6. The Morgan fingerprint density at radius 1 is 1.50 bits per heavy atom. The number of carbonyl (C=O) groups is 1. The smallest absolute Gasteiger partial charge is 0.333 e. The molecule has 0 aromatic carbocycles. The van der Waals surface area contributed by atoms with E-state index in [2.05, 4.69) is 4.74 Å². The van der Waals surface area contributed by atoms with Gasteiger partial charge in [-0.15, -0.1) is 0 Å². The molecule has 1 fully saturated rings. The van der Waals surface area contributed by atoms with Crippen LogP contribution < -0.4 is 0 Å². The number of ether oxygens (including phenoxy) is 1. The summed E-state index contributed by atoms with van der Waals surface area (Å²) in [5, 5.41) is 35.4. The van der Waals surface area contributed by atoms with Crippen LogP contribution in [0, 0.1) is 0 Å². The maximum Gasteiger partial charge on any atom is 0.333 e. The summed E-state index contributed by atoms with van der Waals surface area (Å²) in [5.74, 6) is -3.63. The molecule has 1 heterocycles. The fourth-order valence-electron chi connectivity index (χ4n) is 0.967. The highest BCUT2D eigenvalue weighted by atomic mass is 16.6. The van der Waals surface area contributed by atoms with Crippen molar-refractivity contribution >= 4 is 5.97 Å². The lowest BCUT2D eigenvalue weighted by molar-refractivity contribution is -0.280. The monoisotopic (exact) mass is 178 g/mol. The van der Waals surface area contributed by atoms with Crippen LogP contribution in [0.1, 0.15) is 6.42 Å². The van der Waals surface area contributed by atoms with Gasteiger partial charge in [-0.25, -0.2) is 4.79 Å². The number of hydrogen-bond donors (Lipinski definition) is 4. The zero-order chi connectivity index (χ0) is 9.35. The predicted molar refractivity (Wildman–Crippen MR) is 35.2 cm³/mol. The zero-order valence-electron chi connectivity index (χ0n) is 6.17.